The van der Waals surface area contributed by atoms with Crippen LogP contribution in [0, 0.1) is 0 Å². The second-order valence-corrected chi connectivity index (χ2v) is 9.79. The Morgan fingerprint density at radius 2 is 2.15 bits per heavy atom. The highest BCUT2D eigenvalue weighted by atomic mass is 28.3. The fourth-order valence-corrected chi connectivity index (χ4v) is 3.14. The Hall–Kier alpha value is -0.343. The zero-order valence-corrected chi connectivity index (χ0v) is 9.97. The summed E-state index contributed by atoms with van der Waals surface area (Å²) < 4.78 is 5.53. The molecule has 1 atom stereocenters. The minimum atomic E-state index is -1.04. The summed E-state index contributed by atoms with van der Waals surface area (Å²) in [6.45, 7) is 11.8. The normalized spacial score (nSPS) is 27.6. The molecule has 0 aromatic carbocycles. The van der Waals surface area contributed by atoms with Gasteiger partial charge in [0.25, 0.3) is 0 Å². The molecule has 0 amide bonds. The van der Waals surface area contributed by atoms with E-state index in [-0.39, 0.29) is 6.10 Å². The van der Waals surface area contributed by atoms with E-state index in [1.165, 1.54) is 0 Å². The molecule has 1 fully saturated rings. The maximum atomic E-state index is 5.53. The second-order valence-electron chi connectivity index (χ2n) is 4.77. The van der Waals surface area contributed by atoms with Gasteiger partial charge in [0.15, 0.2) is 0 Å². The highest BCUT2D eigenvalue weighted by Gasteiger charge is 2.17. The second kappa shape index (κ2) is 4.25. The number of ether oxygens (including phenoxy) is 1. The molecule has 0 N–H and O–H groups in total. The van der Waals surface area contributed by atoms with E-state index in [0.29, 0.717) is 0 Å². The van der Waals surface area contributed by atoms with Crippen LogP contribution in [0.2, 0.25) is 19.6 Å². The molecule has 1 heterocycles. The first-order valence-electron chi connectivity index (χ1n) is 4.96. The molecule has 1 nitrogen and oxygen atoms in total. The highest BCUT2D eigenvalue weighted by molar-refractivity contribution is 6.81. The first-order chi connectivity index (χ1) is 6.01. The molecule has 1 rings (SSSR count). The first kappa shape index (κ1) is 10.7. The molecule has 0 aliphatic carbocycles. The maximum absolute atomic E-state index is 5.53. The van der Waals surface area contributed by atoms with Crippen LogP contribution in [0.5, 0.6) is 0 Å². The SMILES string of the molecule is C=C[C@H]1C/C(=C/[Si](C)(C)C)CCO1. The van der Waals surface area contributed by atoms with Crippen LogP contribution >= 0.6 is 0 Å². The number of rotatable bonds is 2. The summed E-state index contributed by atoms with van der Waals surface area (Å²) in [6.07, 6.45) is 4.36. The van der Waals surface area contributed by atoms with Gasteiger partial charge in [-0.25, -0.2) is 0 Å². The van der Waals surface area contributed by atoms with Gasteiger partial charge in [0.05, 0.1) is 20.8 Å². The summed E-state index contributed by atoms with van der Waals surface area (Å²) in [7, 11) is -1.04. The van der Waals surface area contributed by atoms with Gasteiger partial charge >= 0.3 is 0 Å². The topological polar surface area (TPSA) is 9.23 Å². The molecule has 13 heavy (non-hydrogen) atoms. The molecular formula is C11H20OSi. The van der Waals surface area contributed by atoms with Crippen molar-refractivity contribution in [3.8, 4) is 0 Å². The van der Waals surface area contributed by atoms with E-state index < -0.39 is 8.07 Å². The average molecular weight is 196 g/mol. The molecule has 74 valence electrons. The summed E-state index contributed by atoms with van der Waals surface area (Å²) in [5, 5.41) is 0. The van der Waals surface area contributed by atoms with E-state index in [0.717, 1.165) is 19.4 Å². The van der Waals surface area contributed by atoms with E-state index in [4.69, 9.17) is 4.74 Å². The Labute approximate surface area is 82.5 Å². The summed E-state index contributed by atoms with van der Waals surface area (Å²) in [5.41, 5.74) is 4.08. The Kier molecular flexibility index (Phi) is 3.51. The van der Waals surface area contributed by atoms with Crippen LogP contribution in [0.4, 0.5) is 0 Å². The molecule has 0 aromatic heterocycles. The predicted molar refractivity (Wildman–Crippen MR) is 60.6 cm³/mol. The van der Waals surface area contributed by atoms with Crippen molar-refractivity contribution in [3.05, 3.63) is 23.9 Å². The smallest absolute Gasteiger partial charge is 0.0790 e. The molecule has 1 saturated heterocycles. The quantitative estimate of drug-likeness (QED) is 0.487. The van der Waals surface area contributed by atoms with Gasteiger partial charge in [-0.2, -0.15) is 0 Å². The van der Waals surface area contributed by atoms with Crippen molar-refractivity contribution in [2.45, 2.75) is 38.6 Å². The van der Waals surface area contributed by atoms with Crippen molar-refractivity contribution in [3.63, 3.8) is 0 Å². The number of hydrogen-bond acceptors (Lipinski definition) is 1. The molecule has 2 heteroatoms. The molecule has 0 radical (unpaired) electrons. The Bertz CT molecular complexity index is 213. The van der Waals surface area contributed by atoms with Crippen LogP contribution in [0.1, 0.15) is 12.8 Å². The molecule has 0 spiro atoms. The highest BCUT2D eigenvalue weighted by Crippen LogP contribution is 2.22. The Morgan fingerprint density at radius 1 is 1.46 bits per heavy atom. The van der Waals surface area contributed by atoms with Gasteiger partial charge in [-0.1, -0.05) is 37.0 Å². The lowest BCUT2D eigenvalue weighted by Gasteiger charge is -2.24. The van der Waals surface area contributed by atoms with Gasteiger partial charge in [-0.05, 0) is 12.8 Å². The van der Waals surface area contributed by atoms with Crippen LogP contribution in [0.15, 0.2) is 23.9 Å². The van der Waals surface area contributed by atoms with Gasteiger partial charge in [0.2, 0.25) is 0 Å². The van der Waals surface area contributed by atoms with Crippen LogP contribution in [0.25, 0.3) is 0 Å². The van der Waals surface area contributed by atoms with Crippen LogP contribution in [-0.2, 0) is 4.74 Å². The maximum Gasteiger partial charge on any atom is 0.0790 e. The van der Waals surface area contributed by atoms with E-state index in [1.807, 2.05) is 6.08 Å². The third kappa shape index (κ3) is 3.92. The van der Waals surface area contributed by atoms with Crippen molar-refractivity contribution >= 4 is 8.07 Å². The summed E-state index contributed by atoms with van der Waals surface area (Å²) in [6, 6.07) is 0. The molecule has 1 aliphatic rings. The molecule has 0 saturated carbocycles. The van der Waals surface area contributed by atoms with Crippen molar-refractivity contribution in [1.82, 2.24) is 0 Å². The fourth-order valence-electron chi connectivity index (χ4n) is 1.66. The van der Waals surface area contributed by atoms with Crippen LogP contribution < -0.4 is 0 Å². The molecule has 0 bridgehead atoms. The monoisotopic (exact) mass is 196 g/mol. The Balaban J connectivity index is 2.61. The summed E-state index contributed by atoms with van der Waals surface area (Å²) >= 11 is 0. The largest absolute Gasteiger partial charge is 0.374 e. The molecule has 1 aliphatic heterocycles. The Morgan fingerprint density at radius 3 is 2.69 bits per heavy atom. The lowest BCUT2D eigenvalue weighted by Crippen LogP contribution is -2.23. The van der Waals surface area contributed by atoms with Gasteiger partial charge in [0.1, 0.15) is 0 Å². The third-order valence-electron chi connectivity index (χ3n) is 2.12. The number of hydrogen-bond donors (Lipinski definition) is 0. The summed E-state index contributed by atoms with van der Waals surface area (Å²) in [4.78, 5) is 0. The lowest BCUT2D eigenvalue weighted by molar-refractivity contribution is 0.0677. The van der Waals surface area contributed by atoms with Gasteiger partial charge in [0, 0.05) is 0 Å². The van der Waals surface area contributed by atoms with E-state index in [1.54, 1.807) is 5.57 Å². The minimum absolute atomic E-state index is 0.261. The van der Waals surface area contributed by atoms with Gasteiger partial charge in [-0.3, -0.25) is 0 Å². The minimum Gasteiger partial charge on any atom is -0.374 e. The van der Waals surface area contributed by atoms with Gasteiger partial charge in [-0.15, -0.1) is 6.58 Å². The van der Waals surface area contributed by atoms with E-state index in [9.17, 15) is 0 Å². The fraction of sp³-hybridized carbons (Fsp3) is 0.636. The van der Waals surface area contributed by atoms with Crippen LogP contribution in [-0.4, -0.2) is 20.8 Å². The molecular weight excluding hydrogens is 176 g/mol. The van der Waals surface area contributed by atoms with Crippen molar-refractivity contribution in [1.29, 1.82) is 0 Å². The zero-order valence-electron chi connectivity index (χ0n) is 8.97. The third-order valence-corrected chi connectivity index (χ3v) is 3.39. The standard InChI is InChI=1S/C11H20OSi/c1-5-11-8-10(6-7-12-11)9-13(2,3)4/h5,9,11H,1,6-8H2,2-4H3/b10-9+/t11-/m0/s1. The van der Waals surface area contributed by atoms with Crippen molar-refractivity contribution < 1.29 is 4.74 Å². The summed E-state index contributed by atoms with van der Waals surface area (Å²) in [5.74, 6) is 0. The van der Waals surface area contributed by atoms with Crippen LogP contribution in [0.3, 0.4) is 0 Å². The van der Waals surface area contributed by atoms with Gasteiger partial charge < -0.3 is 4.74 Å². The van der Waals surface area contributed by atoms with Crippen molar-refractivity contribution in [2.75, 3.05) is 6.61 Å². The molecule has 0 aromatic rings. The first-order valence-corrected chi connectivity index (χ1v) is 8.54. The zero-order chi connectivity index (χ0) is 9.90. The molecule has 0 unspecified atom stereocenters. The van der Waals surface area contributed by atoms with E-state index in [2.05, 4.69) is 31.9 Å². The van der Waals surface area contributed by atoms with Crippen molar-refractivity contribution in [2.24, 2.45) is 0 Å². The van der Waals surface area contributed by atoms with E-state index >= 15 is 0 Å². The predicted octanol–water partition coefficient (Wildman–Crippen LogP) is 3.16. The lowest BCUT2D eigenvalue weighted by atomic mass is 10.0. The average Bonchev–Trinajstić information content (AvgIpc) is 2.01.